The van der Waals surface area contributed by atoms with Gasteiger partial charge in [-0.15, -0.1) is 0 Å². The number of ether oxygens (including phenoxy) is 1. The predicted molar refractivity (Wildman–Crippen MR) is 90.4 cm³/mol. The van der Waals surface area contributed by atoms with Gasteiger partial charge in [0.1, 0.15) is 5.82 Å². The Balaban J connectivity index is 2.05. The summed E-state index contributed by atoms with van der Waals surface area (Å²) in [5.74, 6) is 0.0752. The molecule has 0 aliphatic heterocycles. The molecule has 0 spiro atoms. The number of carbonyl (C=O) groups excluding carboxylic acids is 1. The minimum absolute atomic E-state index is 0.0867. The van der Waals surface area contributed by atoms with Gasteiger partial charge in [0.05, 0.1) is 11.5 Å². The lowest BCUT2D eigenvalue weighted by Crippen LogP contribution is -2.27. The van der Waals surface area contributed by atoms with Crippen LogP contribution in [0.15, 0.2) is 47.5 Å². The van der Waals surface area contributed by atoms with E-state index in [4.69, 9.17) is 4.74 Å². The Hall–Kier alpha value is -2.29. The maximum atomic E-state index is 12.1. The lowest BCUT2D eigenvalue weighted by atomic mass is 10.2. The number of aromatic nitrogens is 1. The van der Waals surface area contributed by atoms with Gasteiger partial charge in [-0.05, 0) is 42.8 Å². The van der Waals surface area contributed by atoms with Gasteiger partial charge >= 0.3 is 0 Å². The number of nitrogens with one attached hydrogen (secondary N) is 2. The van der Waals surface area contributed by atoms with Crippen LogP contribution in [-0.2, 0) is 14.8 Å². The number of nitrogens with zero attached hydrogens (tertiary/aromatic N) is 1. The number of aryl methyl sites for hydroxylation is 1. The summed E-state index contributed by atoms with van der Waals surface area (Å²) in [4.78, 5) is 16.3. The number of pyridine rings is 1. The van der Waals surface area contributed by atoms with E-state index in [0.717, 1.165) is 5.56 Å². The first kappa shape index (κ1) is 18.1. The second-order valence-corrected chi connectivity index (χ2v) is 6.86. The Morgan fingerprint density at radius 2 is 1.88 bits per heavy atom. The van der Waals surface area contributed by atoms with Crippen molar-refractivity contribution in [1.29, 1.82) is 0 Å². The van der Waals surface area contributed by atoms with Crippen LogP contribution in [0.4, 0.5) is 5.82 Å². The fourth-order valence-electron chi connectivity index (χ4n) is 1.88. The van der Waals surface area contributed by atoms with Crippen molar-refractivity contribution in [3.05, 3.63) is 53.7 Å². The summed E-state index contributed by atoms with van der Waals surface area (Å²) in [6.45, 7) is 2.36. The van der Waals surface area contributed by atoms with Gasteiger partial charge in [0, 0.05) is 25.4 Å². The van der Waals surface area contributed by atoms with Crippen molar-refractivity contribution in [1.82, 2.24) is 9.71 Å². The average Bonchev–Trinajstić information content (AvgIpc) is 2.57. The van der Waals surface area contributed by atoms with E-state index in [1.165, 1.54) is 31.4 Å². The van der Waals surface area contributed by atoms with Crippen LogP contribution in [0.3, 0.4) is 0 Å². The lowest BCUT2D eigenvalue weighted by Gasteiger charge is -2.08. The van der Waals surface area contributed by atoms with Gasteiger partial charge in [0.2, 0.25) is 10.0 Å². The Labute approximate surface area is 141 Å². The molecule has 0 saturated heterocycles. The number of hydrogen-bond donors (Lipinski definition) is 2. The Bertz CT molecular complexity index is 787. The highest BCUT2D eigenvalue weighted by Crippen LogP contribution is 2.12. The average molecular weight is 349 g/mol. The van der Waals surface area contributed by atoms with Gasteiger partial charge in [-0.25, -0.2) is 18.1 Å². The summed E-state index contributed by atoms with van der Waals surface area (Å²) in [7, 11) is -2.12. The van der Waals surface area contributed by atoms with Gasteiger partial charge in [0.15, 0.2) is 0 Å². The monoisotopic (exact) mass is 349 g/mol. The number of hydrogen-bond acceptors (Lipinski definition) is 5. The van der Waals surface area contributed by atoms with Crippen LogP contribution in [0.2, 0.25) is 0 Å². The fourth-order valence-corrected chi connectivity index (χ4v) is 2.89. The summed E-state index contributed by atoms with van der Waals surface area (Å²) in [6.07, 6.45) is 1.65. The first-order valence-corrected chi connectivity index (χ1v) is 8.73. The predicted octanol–water partition coefficient (Wildman–Crippen LogP) is 1.57. The first-order chi connectivity index (χ1) is 11.4. The number of amides is 1. The maximum absolute atomic E-state index is 12.1. The molecule has 2 rings (SSSR count). The van der Waals surface area contributed by atoms with Crippen LogP contribution >= 0.6 is 0 Å². The summed E-state index contributed by atoms with van der Waals surface area (Å²) in [5.41, 5.74) is 1.33. The molecule has 1 heterocycles. The summed E-state index contributed by atoms with van der Waals surface area (Å²) < 4.78 is 31.3. The van der Waals surface area contributed by atoms with Gasteiger partial charge in [0.25, 0.3) is 5.91 Å². The molecule has 0 fully saturated rings. The summed E-state index contributed by atoms with van der Waals surface area (Å²) in [5, 5.41) is 2.65. The Morgan fingerprint density at radius 3 is 2.46 bits per heavy atom. The highest BCUT2D eigenvalue weighted by Gasteiger charge is 2.14. The second kappa shape index (κ2) is 8.00. The molecule has 0 bridgehead atoms. The molecule has 7 nitrogen and oxygen atoms in total. The molecule has 24 heavy (non-hydrogen) atoms. The van der Waals surface area contributed by atoms with E-state index < -0.39 is 10.0 Å². The molecule has 0 aliphatic rings. The molecule has 0 radical (unpaired) electrons. The van der Waals surface area contributed by atoms with E-state index in [0.29, 0.717) is 11.4 Å². The highest BCUT2D eigenvalue weighted by molar-refractivity contribution is 7.89. The molecule has 8 heteroatoms. The number of carbonyl (C=O) groups is 1. The minimum Gasteiger partial charge on any atom is -0.383 e. The summed E-state index contributed by atoms with van der Waals surface area (Å²) in [6, 6.07) is 9.21. The van der Waals surface area contributed by atoms with Crippen LogP contribution in [-0.4, -0.2) is 39.6 Å². The number of sulfonamides is 1. The maximum Gasteiger partial charge on any atom is 0.256 e. The normalized spacial score (nSPS) is 11.2. The van der Waals surface area contributed by atoms with E-state index in [1.807, 2.05) is 13.0 Å². The zero-order valence-electron chi connectivity index (χ0n) is 13.4. The number of anilines is 1. The van der Waals surface area contributed by atoms with Crippen LogP contribution in [0, 0.1) is 6.92 Å². The van der Waals surface area contributed by atoms with Gasteiger partial charge in [-0.2, -0.15) is 0 Å². The minimum atomic E-state index is -3.61. The molecular formula is C16H19N3O4S. The number of methoxy groups -OCH3 is 1. The van der Waals surface area contributed by atoms with Crippen molar-refractivity contribution in [2.75, 3.05) is 25.6 Å². The highest BCUT2D eigenvalue weighted by atomic mass is 32.2. The van der Waals surface area contributed by atoms with Crippen molar-refractivity contribution in [2.45, 2.75) is 11.8 Å². The molecule has 1 aromatic heterocycles. The molecule has 2 N–H and O–H groups in total. The molecule has 1 aromatic carbocycles. The second-order valence-electron chi connectivity index (χ2n) is 5.09. The zero-order valence-corrected chi connectivity index (χ0v) is 14.3. The molecule has 1 amide bonds. The third kappa shape index (κ3) is 4.85. The van der Waals surface area contributed by atoms with Gasteiger partial charge in [-0.1, -0.05) is 6.07 Å². The molecule has 0 aliphatic carbocycles. The van der Waals surface area contributed by atoms with Crippen molar-refractivity contribution < 1.29 is 17.9 Å². The van der Waals surface area contributed by atoms with Crippen molar-refractivity contribution in [2.24, 2.45) is 0 Å². The Kier molecular flexibility index (Phi) is 6.02. The standard InChI is InChI=1S/C16H19N3O4S/c1-12-3-8-15(17-11-12)19-16(20)13-4-6-14(7-5-13)24(21,22)18-9-10-23-2/h3-8,11,18H,9-10H2,1-2H3,(H,17,19,20). The van der Waals surface area contributed by atoms with Gasteiger partial charge < -0.3 is 10.1 Å². The quantitative estimate of drug-likeness (QED) is 0.740. The van der Waals surface area contributed by atoms with Crippen molar-refractivity contribution in [3.63, 3.8) is 0 Å². The van der Waals surface area contributed by atoms with Crippen LogP contribution in [0.1, 0.15) is 15.9 Å². The third-order valence-corrected chi connectivity index (χ3v) is 4.65. The van der Waals surface area contributed by atoms with E-state index >= 15 is 0 Å². The topological polar surface area (TPSA) is 97.4 Å². The Morgan fingerprint density at radius 1 is 1.17 bits per heavy atom. The zero-order chi connectivity index (χ0) is 17.6. The van der Waals surface area contributed by atoms with E-state index in [-0.39, 0.29) is 24.0 Å². The molecule has 0 unspecified atom stereocenters. The summed E-state index contributed by atoms with van der Waals surface area (Å²) >= 11 is 0. The van der Waals surface area contributed by atoms with Crippen LogP contribution < -0.4 is 10.0 Å². The first-order valence-electron chi connectivity index (χ1n) is 7.25. The molecule has 0 saturated carbocycles. The van der Waals surface area contributed by atoms with Crippen LogP contribution in [0.25, 0.3) is 0 Å². The van der Waals surface area contributed by atoms with E-state index in [9.17, 15) is 13.2 Å². The molecular weight excluding hydrogens is 330 g/mol. The SMILES string of the molecule is COCCNS(=O)(=O)c1ccc(C(=O)Nc2ccc(C)cn2)cc1. The third-order valence-electron chi connectivity index (χ3n) is 3.18. The van der Waals surface area contributed by atoms with Crippen LogP contribution in [0.5, 0.6) is 0 Å². The molecule has 2 aromatic rings. The molecule has 0 atom stereocenters. The van der Waals surface area contributed by atoms with Crippen molar-refractivity contribution >= 4 is 21.7 Å². The van der Waals surface area contributed by atoms with E-state index in [1.54, 1.807) is 12.3 Å². The molecule has 128 valence electrons. The van der Waals surface area contributed by atoms with E-state index in [2.05, 4.69) is 15.0 Å². The number of rotatable bonds is 7. The smallest absolute Gasteiger partial charge is 0.256 e. The fraction of sp³-hybridized carbons (Fsp3) is 0.250. The van der Waals surface area contributed by atoms with Gasteiger partial charge in [-0.3, -0.25) is 4.79 Å². The largest absolute Gasteiger partial charge is 0.383 e. The van der Waals surface area contributed by atoms with Crippen molar-refractivity contribution in [3.8, 4) is 0 Å². The lowest BCUT2D eigenvalue weighted by molar-refractivity contribution is 0.102. The number of benzene rings is 1.